The van der Waals surface area contributed by atoms with Crippen LogP contribution in [0.3, 0.4) is 0 Å². The highest BCUT2D eigenvalue weighted by molar-refractivity contribution is 7.21. The number of carbonyl (C=O) groups excluding carboxylic acids is 1. The van der Waals surface area contributed by atoms with E-state index in [0.717, 1.165) is 10.1 Å². The highest BCUT2D eigenvalue weighted by atomic mass is 35.5. The molecule has 0 spiro atoms. The van der Waals surface area contributed by atoms with E-state index in [1.165, 1.54) is 11.3 Å². The fourth-order valence-corrected chi connectivity index (χ4v) is 3.29. The SMILES string of the molecule is CC(C)(CN)NC(=O)c1sc2cc(Cl)ccc2c1Cl. The summed E-state index contributed by atoms with van der Waals surface area (Å²) in [6, 6.07) is 5.38. The molecule has 6 heteroatoms. The molecule has 0 radical (unpaired) electrons. The zero-order chi connectivity index (χ0) is 14.2. The summed E-state index contributed by atoms with van der Waals surface area (Å²) >= 11 is 13.5. The summed E-state index contributed by atoms with van der Waals surface area (Å²) in [4.78, 5) is 12.7. The summed E-state index contributed by atoms with van der Waals surface area (Å²) < 4.78 is 0.896. The van der Waals surface area contributed by atoms with Crippen LogP contribution in [0.25, 0.3) is 10.1 Å². The van der Waals surface area contributed by atoms with Crippen LogP contribution in [0, 0.1) is 0 Å². The zero-order valence-electron chi connectivity index (χ0n) is 10.6. The third-order valence-electron chi connectivity index (χ3n) is 2.76. The van der Waals surface area contributed by atoms with E-state index in [0.29, 0.717) is 21.5 Å². The second-order valence-electron chi connectivity index (χ2n) is 4.93. The first-order valence-electron chi connectivity index (χ1n) is 5.74. The molecule has 3 nitrogen and oxygen atoms in total. The number of benzene rings is 1. The van der Waals surface area contributed by atoms with Crippen LogP contribution < -0.4 is 11.1 Å². The number of carbonyl (C=O) groups is 1. The van der Waals surface area contributed by atoms with Crippen LogP contribution in [0.5, 0.6) is 0 Å². The van der Waals surface area contributed by atoms with Crippen LogP contribution >= 0.6 is 34.5 Å². The Labute approximate surface area is 125 Å². The van der Waals surface area contributed by atoms with Crippen molar-refractivity contribution in [3.05, 3.63) is 33.1 Å². The summed E-state index contributed by atoms with van der Waals surface area (Å²) in [6.45, 7) is 4.08. The lowest BCUT2D eigenvalue weighted by molar-refractivity contribution is 0.0920. The Hall–Kier alpha value is -0.810. The van der Waals surface area contributed by atoms with Gasteiger partial charge in [-0.3, -0.25) is 4.79 Å². The molecule has 0 saturated heterocycles. The fourth-order valence-electron chi connectivity index (χ4n) is 1.60. The summed E-state index contributed by atoms with van der Waals surface area (Å²) in [5.74, 6) is -0.210. The Morgan fingerprint density at radius 1 is 1.42 bits per heavy atom. The normalized spacial score (nSPS) is 11.8. The molecule has 0 saturated carbocycles. The van der Waals surface area contributed by atoms with Crippen molar-refractivity contribution in [1.29, 1.82) is 0 Å². The minimum atomic E-state index is -0.464. The molecule has 2 aromatic rings. The summed E-state index contributed by atoms with van der Waals surface area (Å²) in [5, 5.41) is 4.79. The van der Waals surface area contributed by atoms with Crippen LogP contribution in [0.15, 0.2) is 18.2 Å². The van der Waals surface area contributed by atoms with Gasteiger partial charge in [0.2, 0.25) is 0 Å². The topological polar surface area (TPSA) is 55.1 Å². The van der Waals surface area contributed by atoms with E-state index in [2.05, 4.69) is 5.32 Å². The van der Waals surface area contributed by atoms with Gasteiger partial charge in [0.1, 0.15) is 4.88 Å². The Morgan fingerprint density at radius 3 is 2.74 bits per heavy atom. The average Bonchev–Trinajstić information content (AvgIpc) is 2.66. The quantitative estimate of drug-likeness (QED) is 0.907. The molecule has 0 bridgehead atoms. The Kier molecular flexibility index (Phi) is 4.06. The van der Waals surface area contributed by atoms with E-state index in [1.54, 1.807) is 12.1 Å². The standard InChI is InChI=1S/C13H14Cl2N2OS/c1-13(2,6-16)17-12(18)11-10(15)8-4-3-7(14)5-9(8)19-11/h3-5H,6,16H2,1-2H3,(H,17,18). The third-order valence-corrected chi connectivity index (χ3v) is 4.65. The van der Waals surface area contributed by atoms with E-state index in [4.69, 9.17) is 28.9 Å². The van der Waals surface area contributed by atoms with Crippen LogP contribution in [-0.4, -0.2) is 18.0 Å². The van der Waals surface area contributed by atoms with Crippen LogP contribution in [0.1, 0.15) is 23.5 Å². The van der Waals surface area contributed by atoms with E-state index in [-0.39, 0.29) is 5.91 Å². The molecule has 0 aliphatic rings. The van der Waals surface area contributed by atoms with Gasteiger partial charge in [-0.1, -0.05) is 29.3 Å². The second kappa shape index (κ2) is 5.29. The Balaban J connectivity index is 2.40. The lowest BCUT2D eigenvalue weighted by Crippen LogP contribution is -2.48. The van der Waals surface area contributed by atoms with Gasteiger partial charge in [-0.2, -0.15) is 0 Å². The number of amides is 1. The zero-order valence-corrected chi connectivity index (χ0v) is 12.9. The maximum atomic E-state index is 12.2. The molecule has 0 aliphatic heterocycles. The van der Waals surface area contributed by atoms with Gasteiger partial charge in [-0.25, -0.2) is 0 Å². The monoisotopic (exact) mass is 316 g/mol. The van der Waals surface area contributed by atoms with Gasteiger partial charge >= 0.3 is 0 Å². The van der Waals surface area contributed by atoms with Crippen molar-refractivity contribution >= 4 is 50.5 Å². The Bertz CT molecular complexity index is 637. The van der Waals surface area contributed by atoms with Gasteiger partial charge in [0, 0.05) is 27.2 Å². The van der Waals surface area contributed by atoms with E-state index in [1.807, 2.05) is 19.9 Å². The minimum absolute atomic E-state index is 0.210. The van der Waals surface area contributed by atoms with E-state index >= 15 is 0 Å². The lowest BCUT2D eigenvalue weighted by Gasteiger charge is -2.23. The minimum Gasteiger partial charge on any atom is -0.345 e. The fraction of sp³-hybridized carbons (Fsp3) is 0.308. The highest BCUT2D eigenvalue weighted by Gasteiger charge is 2.23. The van der Waals surface area contributed by atoms with Gasteiger partial charge in [-0.15, -0.1) is 11.3 Å². The van der Waals surface area contributed by atoms with Gasteiger partial charge in [0.25, 0.3) is 5.91 Å². The molecule has 0 fully saturated rings. The van der Waals surface area contributed by atoms with Crippen LogP contribution in [0.4, 0.5) is 0 Å². The Morgan fingerprint density at radius 2 is 2.11 bits per heavy atom. The van der Waals surface area contributed by atoms with Crippen molar-refractivity contribution in [3.63, 3.8) is 0 Å². The van der Waals surface area contributed by atoms with E-state index < -0.39 is 5.54 Å². The van der Waals surface area contributed by atoms with Crippen LogP contribution in [-0.2, 0) is 0 Å². The predicted molar refractivity (Wildman–Crippen MR) is 82.4 cm³/mol. The smallest absolute Gasteiger partial charge is 0.263 e. The molecule has 102 valence electrons. The van der Waals surface area contributed by atoms with Crippen molar-refractivity contribution in [3.8, 4) is 0 Å². The summed E-state index contributed by atoms with van der Waals surface area (Å²) in [6.07, 6.45) is 0. The second-order valence-corrected chi connectivity index (χ2v) is 6.79. The number of fused-ring (bicyclic) bond motifs is 1. The first-order chi connectivity index (χ1) is 8.84. The number of thiophene rings is 1. The van der Waals surface area contributed by atoms with Crippen molar-refractivity contribution in [2.45, 2.75) is 19.4 Å². The number of nitrogens with one attached hydrogen (secondary N) is 1. The maximum Gasteiger partial charge on any atom is 0.263 e. The van der Waals surface area contributed by atoms with Gasteiger partial charge in [-0.05, 0) is 26.0 Å². The molecule has 1 aromatic carbocycles. The number of hydrogen-bond acceptors (Lipinski definition) is 3. The number of nitrogens with two attached hydrogens (primary N) is 1. The number of hydrogen-bond donors (Lipinski definition) is 2. The predicted octanol–water partition coefficient (Wildman–Crippen LogP) is 3.68. The third kappa shape index (κ3) is 3.03. The van der Waals surface area contributed by atoms with Gasteiger partial charge in [0.15, 0.2) is 0 Å². The first-order valence-corrected chi connectivity index (χ1v) is 7.31. The molecular formula is C13H14Cl2N2OS. The van der Waals surface area contributed by atoms with Crippen molar-refractivity contribution in [2.24, 2.45) is 5.73 Å². The molecule has 0 unspecified atom stereocenters. The van der Waals surface area contributed by atoms with Crippen molar-refractivity contribution < 1.29 is 4.79 Å². The molecule has 2 rings (SSSR count). The first kappa shape index (κ1) is 14.6. The van der Waals surface area contributed by atoms with Gasteiger partial charge in [0.05, 0.1) is 5.02 Å². The molecule has 19 heavy (non-hydrogen) atoms. The largest absolute Gasteiger partial charge is 0.345 e. The molecule has 0 aliphatic carbocycles. The van der Waals surface area contributed by atoms with Crippen molar-refractivity contribution in [1.82, 2.24) is 5.32 Å². The molecule has 0 atom stereocenters. The van der Waals surface area contributed by atoms with Crippen LogP contribution in [0.2, 0.25) is 10.0 Å². The van der Waals surface area contributed by atoms with Gasteiger partial charge < -0.3 is 11.1 Å². The molecule has 3 N–H and O–H groups in total. The number of halogens is 2. The molecule has 1 aromatic heterocycles. The molecular weight excluding hydrogens is 303 g/mol. The molecule has 1 amide bonds. The average molecular weight is 317 g/mol. The number of rotatable bonds is 3. The maximum absolute atomic E-state index is 12.2. The summed E-state index contributed by atoms with van der Waals surface area (Å²) in [5.41, 5.74) is 5.14. The van der Waals surface area contributed by atoms with Crippen molar-refractivity contribution in [2.75, 3.05) is 6.54 Å². The molecule has 1 heterocycles. The lowest BCUT2D eigenvalue weighted by atomic mass is 10.1. The van der Waals surface area contributed by atoms with E-state index in [9.17, 15) is 4.79 Å². The highest BCUT2D eigenvalue weighted by Crippen LogP contribution is 2.36. The summed E-state index contributed by atoms with van der Waals surface area (Å²) in [7, 11) is 0.